The molecule has 2 heterocycles. The lowest BCUT2D eigenvalue weighted by molar-refractivity contribution is -0.130. The Bertz CT molecular complexity index is 654. The minimum atomic E-state index is 0.148. The molecule has 1 aromatic carbocycles. The van der Waals surface area contributed by atoms with Gasteiger partial charge in [0.1, 0.15) is 0 Å². The van der Waals surface area contributed by atoms with Crippen molar-refractivity contribution in [2.75, 3.05) is 37.6 Å². The van der Waals surface area contributed by atoms with E-state index < -0.39 is 0 Å². The van der Waals surface area contributed by atoms with Crippen LogP contribution in [0, 0.1) is 0 Å². The van der Waals surface area contributed by atoms with Gasteiger partial charge in [-0.05, 0) is 35.9 Å². The number of carbonyl (C=O) groups excluding carboxylic acids is 1. The minimum Gasteiger partial charge on any atom is -0.368 e. The molecular weight excluding hydrogens is 324 g/mol. The maximum Gasteiger partial charge on any atom is 0.236 e. The van der Waals surface area contributed by atoms with Gasteiger partial charge in [0.2, 0.25) is 5.91 Å². The smallest absolute Gasteiger partial charge is 0.236 e. The van der Waals surface area contributed by atoms with Crippen LogP contribution in [0.2, 0.25) is 5.02 Å². The highest BCUT2D eigenvalue weighted by atomic mass is 35.5. The van der Waals surface area contributed by atoms with Gasteiger partial charge in [0, 0.05) is 55.8 Å². The molecule has 0 radical (unpaired) electrons. The van der Waals surface area contributed by atoms with Gasteiger partial charge in [0.05, 0.1) is 6.54 Å². The van der Waals surface area contributed by atoms with E-state index in [2.05, 4.69) is 15.2 Å². The van der Waals surface area contributed by atoms with Crippen molar-refractivity contribution in [2.45, 2.75) is 6.54 Å². The molecule has 1 fully saturated rings. The first-order valence-corrected chi connectivity index (χ1v) is 8.48. The lowest BCUT2D eigenvalue weighted by atomic mass is 10.2. The van der Waals surface area contributed by atoms with Gasteiger partial charge >= 0.3 is 0 Å². The highest BCUT2D eigenvalue weighted by molar-refractivity contribution is 6.30. The number of piperazine rings is 1. The third-order valence-corrected chi connectivity index (χ3v) is 4.40. The Labute approximate surface area is 147 Å². The van der Waals surface area contributed by atoms with Crippen molar-refractivity contribution in [3.05, 3.63) is 59.4 Å². The summed E-state index contributed by atoms with van der Waals surface area (Å²) in [5.74, 6) is 0.148. The molecule has 1 amide bonds. The maximum absolute atomic E-state index is 12.3. The number of hydrogen-bond donors (Lipinski definition) is 1. The molecule has 1 aliphatic rings. The lowest BCUT2D eigenvalue weighted by Crippen LogP contribution is -2.50. The monoisotopic (exact) mass is 344 g/mol. The molecule has 1 saturated heterocycles. The van der Waals surface area contributed by atoms with E-state index in [0.717, 1.165) is 42.5 Å². The van der Waals surface area contributed by atoms with E-state index >= 15 is 0 Å². The summed E-state index contributed by atoms with van der Waals surface area (Å²) in [7, 11) is 0. The molecule has 1 aromatic heterocycles. The number of rotatable bonds is 5. The summed E-state index contributed by atoms with van der Waals surface area (Å²) in [4.78, 5) is 20.6. The SMILES string of the molecule is O=C(CNCc1cccnc1)N1CCN(c2ccc(Cl)cc2)CC1. The first kappa shape index (κ1) is 16.7. The molecule has 1 aliphatic heterocycles. The fourth-order valence-corrected chi connectivity index (χ4v) is 2.92. The molecule has 0 saturated carbocycles. The Balaban J connectivity index is 1.42. The number of benzene rings is 1. The summed E-state index contributed by atoms with van der Waals surface area (Å²) in [6.45, 7) is 4.19. The van der Waals surface area contributed by atoms with Crippen LogP contribution in [0.5, 0.6) is 0 Å². The normalized spacial score (nSPS) is 14.7. The molecule has 24 heavy (non-hydrogen) atoms. The van der Waals surface area contributed by atoms with Crippen molar-refractivity contribution < 1.29 is 4.79 Å². The van der Waals surface area contributed by atoms with Crippen LogP contribution in [0.25, 0.3) is 0 Å². The topological polar surface area (TPSA) is 48.5 Å². The standard InChI is InChI=1S/C18H21ClN4O/c19-16-3-5-17(6-4-16)22-8-10-23(11-9-22)18(24)14-21-13-15-2-1-7-20-12-15/h1-7,12,21H,8-11,13-14H2. The molecule has 0 spiro atoms. The van der Waals surface area contributed by atoms with E-state index in [1.807, 2.05) is 47.5 Å². The van der Waals surface area contributed by atoms with E-state index in [-0.39, 0.29) is 5.91 Å². The molecular formula is C18H21ClN4O. The number of nitrogens with one attached hydrogen (secondary N) is 1. The van der Waals surface area contributed by atoms with Gasteiger partial charge in [-0.2, -0.15) is 0 Å². The number of pyridine rings is 1. The third-order valence-electron chi connectivity index (χ3n) is 4.15. The minimum absolute atomic E-state index is 0.148. The molecule has 2 aromatic rings. The van der Waals surface area contributed by atoms with Crippen LogP contribution in [-0.2, 0) is 11.3 Å². The summed E-state index contributed by atoms with van der Waals surface area (Å²) in [6.07, 6.45) is 3.55. The van der Waals surface area contributed by atoms with Crippen molar-refractivity contribution in [2.24, 2.45) is 0 Å². The van der Waals surface area contributed by atoms with Gasteiger partial charge in [0.25, 0.3) is 0 Å². The van der Waals surface area contributed by atoms with Crippen molar-refractivity contribution in [3.8, 4) is 0 Å². The summed E-state index contributed by atoms with van der Waals surface area (Å²) < 4.78 is 0. The first-order chi connectivity index (χ1) is 11.7. The quantitative estimate of drug-likeness (QED) is 0.903. The number of carbonyl (C=O) groups is 1. The Morgan fingerprint density at radius 3 is 2.54 bits per heavy atom. The molecule has 0 aliphatic carbocycles. The van der Waals surface area contributed by atoms with Crippen LogP contribution < -0.4 is 10.2 Å². The Morgan fingerprint density at radius 1 is 1.12 bits per heavy atom. The van der Waals surface area contributed by atoms with E-state index in [0.29, 0.717) is 13.1 Å². The second-order valence-electron chi connectivity index (χ2n) is 5.81. The van der Waals surface area contributed by atoms with Crippen LogP contribution in [0.3, 0.4) is 0 Å². The number of anilines is 1. The van der Waals surface area contributed by atoms with E-state index in [9.17, 15) is 4.79 Å². The largest absolute Gasteiger partial charge is 0.368 e. The average molecular weight is 345 g/mol. The van der Waals surface area contributed by atoms with Gasteiger partial charge in [-0.1, -0.05) is 17.7 Å². The van der Waals surface area contributed by atoms with Crippen molar-refractivity contribution in [1.29, 1.82) is 0 Å². The molecule has 126 valence electrons. The average Bonchev–Trinajstić information content (AvgIpc) is 2.63. The third kappa shape index (κ3) is 4.46. The van der Waals surface area contributed by atoms with Crippen LogP contribution in [0.4, 0.5) is 5.69 Å². The number of nitrogens with zero attached hydrogens (tertiary/aromatic N) is 3. The lowest BCUT2D eigenvalue weighted by Gasteiger charge is -2.36. The van der Waals surface area contributed by atoms with Crippen LogP contribution in [-0.4, -0.2) is 48.5 Å². The number of aromatic nitrogens is 1. The van der Waals surface area contributed by atoms with E-state index in [1.54, 1.807) is 6.20 Å². The number of amides is 1. The Kier molecular flexibility index (Phi) is 5.67. The zero-order valence-electron chi connectivity index (χ0n) is 13.5. The first-order valence-electron chi connectivity index (χ1n) is 8.10. The predicted molar refractivity (Wildman–Crippen MR) is 96.2 cm³/mol. The van der Waals surface area contributed by atoms with Gasteiger partial charge < -0.3 is 15.1 Å². The van der Waals surface area contributed by atoms with Crippen molar-refractivity contribution in [3.63, 3.8) is 0 Å². The molecule has 1 N–H and O–H groups in total. The second kappa shape index (κ2) is 8.13. The van der Waals surface area contributed by atoms with Crippen LogP contribution in [0.15, 0.2) is 48.8 Å². The van der Waals surface area contributed by atoms with Gasteiger partial charge in [-0.3, -0.25) is 9.78 Å². The second-order valence-corrected chi connectivity index (χ2v) is 6.25. The highest BCUT2D eigenvalue weighted by Gasteiger charge is 2.20. The summed E-state index contributed by atoms with van der Waals surface area (Å²) in [5, 5.41) is 3.93. The molecule has 0 unspecified atom stereocenters. The zero-order chi connectivity index (χ0) is 16.8. The molecule has 0 atom stereocenters. The fourth-order valence-electron chi connectivity index (χ4n) is 2.79. The maximum atomic E-state index is 12.3. The Morgan fingerprint density at radius 2 is 1.88 bits per heavy atom. The molecule has 0 bridgehead atoms. The molecule has 3 rings (SSSR count). The zero-order valence-corrected chi connectivity index (χ0v) is 14.2. The van der Waals surface area contributed by atoms with Crippen molar-refractivity contribution in [1.82, 2.24) is 15.2 Å². The van der Waals surface area contributed by atoms with E-state index in [4.69, 9.17) is 11.6 Å². The summed E-state index contributed by atoms with van der Waals surface area (Å²) in [6, 6.07) is 11.7. The van der Waals surface area contributed by atoms with Crippen LogP contribution >= 0.6 is 11.6 Å². The van der Waals surface area contributed by atoms with E-state index in [1.165, 1.54) is 0 Å². The fraction of sp³-hybridized carbons (Fsp3) is 0.333. The summed E-state index contributed by atoms with van der Waals surface area (Å²) in [5.41, 5.74) is 2.24. The summed E-state index contributed by atoms with van der Waals surface area (Å²) >= 11 is 5.93. The molecule has 5 nitrogen and oxygen atoms in total. The van der Waals surface area contributed by atoms with Crippen LogP contribution in [0.1, 0.15) is 5.56 Å². The van der Waals surface area contributed by atoms with Gasteiger partial charge in [-0.15, -0.1) is 0 Å². The molecule has 6 heteroatoms. The Hall–Kier alpha value is -2.11. The van der Waals surface area contributed by atoms with Gasteiger partial charge in [0.15, 0.2) is 0 Å². The predicted octanol–water partition coefficient (Wildman–Crippen LogP) is 2.17. The number of hydrogen-bond acceptors (Lipinski definition) is 4. The number of halogens is 1. The van der Waals surface area contributed by atoms with Crippen molar-refractivity contribution >= 4 is 23.2 Å². The van der Waals surface area contributed by atoms with Gasteiger partial charge in [-0.25, -0.2) is 0 Å². The highest BCUT2D eigenvalue weighted by Crippen LogP contribution is 2.19.